The normalized spacial score (nSPS) is 23.4. The van der Waals surface area contributed by atoms with Gasteiger partial charge in [-0.2, -0.15) is 15.8 Å². The number of carbonyl (C=O) groups excluding carboxylic acids is 1. The Morgan fingerprint density at radius 2 is 2.04 bits per heavy atom. The highest BCUT2D eigenvalue weighted by Crippen LogP contribution is 2.54. The fraction of sp³-hybridized carbons (Fsp3) is 0.300. The van der Waals surface area contributed by atoms with Crippen LogP contribution in [-0.4, -0.2) is 23.9 Å². The van der Waals surface area contributed by atoms with Crippen molar-refractivity contribution in [3.8, 4) is 18.2 Å². The number of nitrogens with two attached hydrogens (primary N) is 1. The van der Waals surface area contributed by atoms with Gasteiger partial charge in [0, 0.05) is 36.9 Å². The molecule has 0 fully saturated rings. The number of hydrogen-bond donors (Lipinski definition) is 1. The summed E-state index contributed by atoms with van der Waals surface area (Å²) in [6.07, 6.45) is 1.79. The van der Waals surface area contributed by atoms with Crippen molar-refractivity contribution in [1.82, 2.24) is 4.90 Å². The van der Waals surface area contributed by atoms with Gasteiger partial charge < -0.3 is 10.6 Å². The number of fused-ring (bicyclic) bond motifs is 1. The molecule has 27 heavy (non-hydrogen) atoms. The third-order valence-corrected chi connectivity index (χ3v) is 5.55. The summed E-state index contributed by atoms with van der Waals surface area (Å²) in [7, 11) is 0. The summed E-state index contributed by atoms with van der Waals surface area (Å²) in [4.78, 5) is 13.6. The fourth-order valence-electron chi connectivity index (χ4n) is 4.01. The lowest BCUT2D eigenvalue weighted by Gasteiger charge is -2.45. The molecular formula is C20H16ClN5O. The second kappa shape index (κ2) is 6.80. The van der Waals surface area contributed by atoms with E-state index in [1.807, 2.05) is 0 Å². The molecule has 1 amide bonds. The molecule has 0 bridgehead atoms. The van der Waals surface area contributed by atoms with Gasteiger partial charge in [-0.15, -0.1) is 0 Å². The SMILES string of the molecule is CC(=O)N1CC=C2C(C#N)=C(N)C(C#N)(C#N)[C@H](c3cccc(Cl)c3)[C@H]2C1. The molecule has 0 saturated carbocycles. The highest BCUT2D eigenvalue weighted by Gasteiger charge is 2.54. The van der Waals surface area contributed by atoms with E-state index in [2.05, 4.69) is 18.2 Å². The lowest BCUT2D eigenvalue weighted by molar-refractivity contribution is -0.129. The zero-order valence-electron chi connectivity index (χ0n) is 14.6. The van der Waals surface area contributed by atoms with E-state index in [-0.39, 0.29) is 17.2 Å². The fourth-order valence-corrected chi connectivity index (χ4v) is 4.21. The second-order valence-electron chi connectivity index (χ2n) is 6.65. The van der Waals surface area contributed by atoms with E-state index in [4.69, 9.17) is 17.3 Å². The van der Waals surface area contributed by atoms with Crippen molar-refractivity contribution >= 4 is 17.5 Å². The van der Waals surface area contributed by atoms with Crippen LogP contribution in [0.25, 0.3) is 0 Å². The summed E-state index contributed by atoms with van der Waals surface area (Å²) in [5.74, 6) is -1.19. The molecule has 1 aromatic carbocycles. The average Bonchev–Trinajstić information content (AvgIpc) is 2.66. The van der Waals surface area contributed by atoms with Crippen LogP contribution < -0.4 is 5.73 Å². The smallest absolute Gasteiger partial charge is 0.219 e. The van der Waals surface area contributed by atoms with Gasteiger partial charge in [-0.05, 0) is 23.3 Å². The third kappa shape index (κ3) is 2.74. The number of carbonyl (C=O) groups is 1. The Morgan fingerprint density at radius 1 is 1.33 bits per heavy atom. The molecule has 1 aliphatic carbocycles. The molecule has 134 valence electrons. The van der Waals surface area contributed by atoms with Crippen LogP contribution in [-0.2, 0) is 4.79 Å². The summed E-state index contributed by atoms with van der Waals surface area (Å²) in [5, 5.41) is 30.0. The molecule has 1 aliphatic heterocycles. The first-order valence-electron chi connectivity index (χ1n) is 8.33. The van der Waals surface area contributed by atoms with Crippen LogP contribution in [0.1, 0.15) is 18.4 Å². The van der Waals surface area contributed by atoms with Gasteiger partial charge in [0.2, 0.25) is 5.91 Å². The minimum absolute atomic E-state index is 0.0428. The highest BCUT2D eigenvalue weighted by molar-refractivity contribution is 6.30. The van der Waals surface area contributed by atoms with Crippen molar-refractivity contribution in [2.75, 3.05) is 13.1 Å². The largest absolute Gasteiger partial charge is 0.399 e. The van der Waals surface area contributed by atoms with Crippen molar-refractivity contribution in [3.05, 3.63) is 57.8 Å². The summed E-state index contributed by atoms with van der Waals surface area (Å²) in [5.41, 5.74) is 5.96. The summed E-state index contributed by atoms with van der Waals surface area (Å²) >= 11 is 6.15. The predicted molar refractivity (Wildman–Crippen MR) is 98.5 cm³/mol. The van der Waals surface area contributed by atoms with Crippen LogP contribution in [0, 0.1) is 45.3 Å². The molecular weight excluding hydrogens is 362 g/mol. The molecule has 2 N–H and O–H groups in total. The molecule has 0 saturated heterocycles. The highest BCUT2D eigenvalue weighted by atomic mass is 35.5. The summed E-state index contributed by atoms with van der Waals surface area (Å²) in [6, 6.07) is 13.1. The third-order valence-electron chi connectivity index (χ3n) is 5.32. The average molecular weight is 378 g/mol. The van der Waals surface area contributed by atoms with Crippen LogP contribution >= 0.6 is 11.6 Å². The van der Waals surface area contributed by atoms with Gasteiger partial charge in [0.1, 0.15) is 6.07 Å². The zero-order chi connectivity index (χ0) is 19.8. The molecule has 1 heterocycles. The minimum Gasteiger partial charge on any atom is -0.399 e. The van der Waals surface area contributed by atoms with Crippen molar-refractivity contribution in [3.63, 3.8) is 0 Å². The van der Waals surface area contributed by atoms with Crippen molar-refractivity contribution in [2.45, 2.75) is 12.8 Å². The number of benzene rings is 1. The molecule has 3 rings (SSSR count). The Balaban J connectivity index is 2.32. The van der Waals surface area contributed by atoms with E-state index >= 15 is 0 Å². The Morgan fingerprint density at radius 3 is 2.59 bits per heavy atom. The number of rotatable bonds is 1. The van der Waals surface area contributed by atoms with Gasteiger partial charge in [-0.25, -0.2) is 0 Å². The van der Waals surface area contributed by atoms with E-state index in [0.29, 0.717) is 29.2 Å². The molecule has 1 aromatic rings. The van der Waals surface area contributed by atoms with Crippen molar-refractivity contribution < 1.29 is 4.79 Å². The van der Waals surface area contributed by atoms with Gasteiger partial charge in [0.25, 0.3) is 0 Å². The number of amides is 1. The van der Waals surface area contributed by atoms with Crippen molar-refractivity contribution in [1.29, 1.82) is 15.8 Å². The van der Waals surface area contributed by atoms with Crippen LogP contribution in [0.3, 0.4) is 0 Å². The first-order valence-corrected chi connectivity index (χ1v) is 8.71. The monoisotopic (exact) mass is 377 g/mol. The van der Waals surface area contributed by atoms with Gasteiger partial charge in [-0.3, -0.25) is 4.79 Å². The lowest BCUT2D eigenvalue weighted by Crippen LogP contribution is -2.48. The van der Waals surface area contributed by atoms with Crippen LogP contribution in [0.5, 0.6) is 0 Å². The molecule has 0 aromatic heterocycles. The Kier molecular flexibility index (Phi) is 4.66. The molecule has 6 nitrogen and oxygen atoms in total. The Hall–Kier alpha value is -3.27. The minimum atomic E-state index is -1.72. The van der Waals surface area contributed by atoms with E-state index in [0.717, 1.165) is 0 Å². The lowest BCUT2D eigenvalue weighted by atomic mass is 9.58. The zero-order valence-corrected chi connectivity index (χ0v) is 15.4. The van der Waals surface area contributed by atoms with E-state index < -0.39 is 17.3 Å². The summed E-state index contributed by atoms with van der Waals surface area (Å²) in [6.45, 7) is 2.11. The number of halogens is 1. The van der Waals surface area contributed by atoms with Gasteiger partial charge in [0.05, 0.1) is 23.4 Å². The van der Waals surface area contributed by atoms with Crippen LogP contribution in [0.4, 0.5) is 0 Å². The molecule has 7 heteroatoms. The molecule has 0 unspecified atom stereocenters. The van der Waals surface area contributed by atoms with Gasteiger partial charge in [0.15, 0.2) is 5.41 Å². The topological polar surface area (TPSA) is 118 Å². The molecule has 0 spiro atoms. The Bertz CT molecular complexity index is 990. The standard InChI is InChI=1S/C20H16ClN5O/c1-12(27)26-6-5-15-16(8-22)19(25)20(10-23,11-24)18(17(15)9-26)13-3-2-4-14(21)7-13/h2-5,7,17-18H,6,9,25H2,1H3/t17-,18+/m0/s1. The number of hydrogen-bond acceptors (Lipinski definition) is 5. The first kappa shape index (κ1) is 18.5. The van der Waals surface area contributed by atoms with Crippen molar-refractivity contribution in [2.24, 2.45) is 17.1 Å². The molecule has 0 radical (unpaired) electrons. The number of nitriles is 3. The summed E-state index contributed by atoms with van der Waals surface area (Å²) < 4.78 is 0. The van der Waals surface area contributed by atoms with Gasteiger partial charge >= 0.3 is 0 Å². The van der Waals surface area contributed by atoms with E-state index in [1.54, 1.807) is 35.2 Å². The maximum absolute atomic E-state index is 11.9. The maximum Gasteiger partial charge on any atom is 0.219 e. The number of allylic oxidation sites excluding steroid dienone is 2. The number of nitrogens with zero attached hydrogens (tertiary/aromatic N) is 4. The van der Waals surface area contributed by atoms with E-state index in [9.17, 15) is 20.6 Å². The van der Waals surface area contributed by atoms with Gasteiger partial charge in [-0.1, -0.05) is 29.8 Å². The van der Waals surface area contributed by atoms with E-state index in [1.165, 1.54) is 6.92 Å². The Labute approximate surface area is 162 Å². The van der Waals surface area contributed by atoms with Crippen LogP contribution in [0.2, 0.25) is 5.02 Å². The quantitative estimate of drug-likeness (QED) is 0.806. The second-order valence-corrected chi connectivity index (χ2v) is 7.09. The van der Waals surface area contributed by atoms with Crippen LogP contribution in [0.15, 0.2) is 47.2 Å². The first-order chi connectivity index (χ1) is 12.9. The predicted octanol–water partition coefficient (Wildman–Crippen LogP) is 2.61. The molecule has 2 aliphatic rings. The molecule has 2 atom stereocenters. The maximum atomic E-state index is 11.9.